The van der Waals surface area contributed by atoms with Gasteiger partial charge in [-0.05, 0) is 36.1 Å². The van der Waals surface area contributed by atoms with E-state index in [-0.39, 0.29) is 11.8 Å². The number of benzene rings is 3. The van der Waals surface area contributed by atoms with Crippen molar-refractivity contribution in [3.63, 3.8) is 0 Å². The molecule has 0 saturated carbocycles. The van der Waals surface area contributed by atoms with Crippen LogP contribution in [-0.4, -0.2) is 35.4 Å². The molecule has 35 heavy (non-hydrogen) atoms. The first kappa shape index (κ1) is 24.2. The van der Waals surface area contributed by atoms with Crippen LogP contribution in [0.1, 0.15) is 23.6 Å². The van der Waals surface area contributed by atoms with Gasteiger partial charge in [-0.2, -0.15) is 0 Å². The molecule has 0 spiro atoms. The van der Waals surface area contributed by atoms with Crippen LogP contribution >= 0.6 is 0 Å². The summed E-state index contributed by atoms with van der Waals surface area (Å²) in [4.78, 5) is 29.4. The maximum atomic E-state index is 13.2. The van der Waals surface area contributed by atoms with Gasteiger partial charge >= 0.3 is 0 Å². The largest absolute Gasteiger partial charge is 0.361 e. The lowest BCUT2D eigenvalue weighted by Gasteiger charge is -2.21. The third kappa shape index (κ3) is 6.80. The second-order valence-electron chi connectivity index (χ2n) is 8.74. The first-order valence-corrected chi connectivity index (χ1v) is 12.0. The number of carbonyl (C=O) groups excluding carboxylic acids is 2. The molecular weight excluding hydrogens is 436 g/mol. The molecule has 4 N–H and O–H groups in total. The Balaban J connectivity index is 1.41. The van der Waals surface area contributed by atoms with Crippen molar-refractivity contribution in [3.05, 3.63) is 108 Å². The third-order valence-electron chi connectivity index (χ3n) is 6.14. The molecular formula is C29H32N4O2. The summed E-state index contributed by atoms with van der Waals surface area (Å²) in [6, 6.07) is 26.8. The maximum absolute atomic E-state index is 13.2. The molecule has 0 fully saturated rings. The van der Waals surface area contributed by atoms with Crippen LogP contribution in [0.4, 0.5) is 0 Å². The Morgan fingerprint density at radius 3 is 2.23 bits per heavy atom. The van der Waals surface area contributed by atoms with Crippen LogP contribution in [-0.2, 0) is 29.0 Å². The van der Waals surface area contributed by atoms with Gasteiger partial charge in [0.1, 0.15) is 6.04 Å². The van der Waals surface area contributed by atoms with Crippen molar-refractivity contribution in [1.82, 2.24) is 20.9 Å². The predicted octanol–water partition coefficient (Wildman–Crippen LogP) is 3.73. The van der Waals surface area contributed by atoms with E-state index in [0.29, 0.717) is 19.5 Å². The van der Waals surface area contributed by atoms with Crippen LogP contribution in [0.25, 0.3) is 10.9 Å². The molecule has 180 valence electrons. The fraction of sp³-hybridized carbons (Fsp3) is 0.241. The average molecular weight is 469 g/mol. The minimum Gasteiger partial charge on any atom is -0.361 e. The molecule has 2 atom stereocenters. The number of aromatic amines is 1. The van der Waals surface area contributed by atoms with Crippen molar-refractivity contribution >= 4 is 22.7 Å². The number of nitrogens with one attached hydrogen (secondary N) is 4. The molecule has 1 aromatic heterocycles. The molecule has 0 bridgehead atoms. The quantitative estimate of drug-likeness (QED) is 0.271. The number of rotatable bonds is 11. The van der Waals surface area contributed by atoms with Crippen LogP contribution in [0.2, 0.25) is 0 Å². The molecule has 2 amide bonds. The summed E-state index contributed by atoms with van der Waals surface area (Å²) < 4.78 is 0. The maximum Gasteiger partial charge on any atom is 0.242 e. The van der Waals surface area contributed by atoms with Gasteiger partial charge in [0.15, 0.2) is 0 Å². The van der Waals surface area contributed by atoms with Crippen molar-refractivity contribution in [3.8, 4) is 0 Å². The van der Waals surface area contributed by atoms with Gasteiger partial charge < -0.3 is 20.9 Å². The standard InChI is InChI=1S/C29H32N4O2/c1-21(31-19-23-12-6-3-7-13-23)28(34)33-27(18-24-20-32-26-15-9-8-14-25(24)26)29(35)30-17-16-22-10-4-2-5-11-22/h2-15,20-21,27,31-32H,16-19H2,1H3,(H,30,35)(H,33,34)/t21?,27-/m1/s1. The van der Waals surface area contributed by atoms with E-state index in [0.717, 1.165) is 34.0 Å². The molecule has 0 radical (unpaired) electrons. The van der Waals surface area contributed by atoms with Crippen LogP contribution in [0, 0.1) is 0 Å². The van der Waals surface area contributed by atoms with Crippen molar-refractivity contribution in [2.24, 2.45) is 0 Å². The predicted molar refractivity (Wildman–Crippen MR) is 140 cm³/mol. The van der Waals surface area contributed by atoms with Gasteiger partial charge in [0.2, 0.25) is 11.8 Å². The Morgan fingerprint density at radius 1 is 0.829 bits per heavy atom. The normalized spacial score (nSPS) is 12.7. The zero-order chi connectivity index (χ0) is 24.5. The SMILES string of the molecule is CC(NCc1ccccc1)C(=O)N[C@H](Cc1c[nH]c2ccccc12)C(=O)NCCc1ccccc1. The fourth-order valence-corrected chi connectivity index (χ4v) is 4.08. The number of hydrogen-bond acceptors (Lipinski definition) is 3. The van der Waals surface area contributed by atoms with Gasteiger partial charge in [-0.15, -0.1) is 0 Å². The average Bonchev–Trinajstić information content (AvgIpc) is 3.30. The lowest BCUT2D eigenvalue weighted by Crippen LogP contribution is -2.53. The van der Waals surface area contributed by atoms with Gasteiger partial charge in [0, 0.05) is 36.6 Å². The minimum absolute atomic E-state index is 0.185. The summed E-state index contributed by atoms with van der Waals surface area (Å²) in [7, 11) is 0. The molecule has 4 rings (SSSR count). The Kier molecular flexibility index (Phi) is 8.30. The van der Waals surface area contributed by atoms with E-state index in [1.54, 1.807) is 0 Å². The second kappa shape index (κ2) is 12.0. The van der Waals surface area contributed by atoms with E-state index in [1.165, 1.54) is 0 Å². The van der Waals surface area contributed by atoms with Gasteiger partial charge in [0.25, 0.3) is 0 Å². The zero-order valence-electron chi connectivity index (χ0n) is 20.0. The van der Waals surface area contributed by atoms with Gasteiger partial charge in [0.05, 0.1) is 6.04 Å². The summed E-state index contributed by atoms with van der Waals surface area (Å²) in [6.45, 7) is 2.89. The van der Waals surface area contributed by atoms with Crippen LogP contribution in [0.15, 0.2) is 91.1 Å². The van der Waals surface area contributed by atoms with E-state index >= 15 is 0 Å². The first-order chi connectivity index (χ1) is 17.1. The number of H-pyrrole nitrogens is 1. The van der Waals surface area contributed by atoms with Crippen LogP contribution < -0.4 is 16.0 Å². The number of hydrogen-bond donors (Lipinski definition) is 4. The van der Waals surface area contributed by atoms with E-state index in [9.17, 15) is 9.59 Å². The van der Waals surface area contributed by atoms with Crippen molar-refractivity contribution in [1.29, 1.82) is 0 Å². The molecule has 0 saturated heterocycles. The van der Waals surface area contributed by atoms with E-state index in [2.05, 4.69) is 20.9 Å². The molecule has 6 nitrogen and oxygen atoms in total. The minimum atomic E-state index is -0.682. The topological polar surface area (TPSA) is 86.0 Å². The summed E-state index contributed by atoms with van der Waals surface area (Å²) in [5.74, 6) is -0.390. The highest BCUT2D eigenvalue weighted by Gasteiger charge is 2.24. The highest BCUT2D eigenvalue weighted by Crippen LogP contribution is 2.19. The van der Waals surface area contributed by atoms with Crippen LogP contribution in [0.3, 0.4) is 0 Å². The Labute approximate surface area is 206 Å². The van der Waals surface area contributed by atoms with E-state index < -0.39 is 12.1 Å². The molecule has 4 aromatic rings. The number of fused-ring (bicyclic) bond motifs is 1. The summed E-state index contributed by atoms with van der Waals surface area (Å²) in [5, 5.41) is 10.3. The Morgan fingerprint density at radius 2 is 1.49 bits per heavy atom. The second-order valence-corrected chi connectivity index (χ2v) is 8.74. The number of para-hydroxylation sites is 1. The molecule has 6 heteroatoms. The molecule has 0 aliphatic carbocycles. The smallest absolute Gasteiger partial charge is 0.242 e. The summed E-state index contributed by atoms with van der Waals surface area (Å²) in [5.41, 5.74) is 4.26. The lowest BCUT2D eigenvalue weighted by molar-refractivity contribution is -0.129. The highest BCUT2D eigenvalue weighted by atomic mass is 16.2. The van der Waals surface area contributed by atoms with Gasteiger partial charge in [-0.1, -0.05) is 78.9 Å². The first-order valence-electron chi connectivity index (χ1n) is 12.0. The number of aromatic nitrogens is 1. The van der Waals surface area contributed by atoms with Crippen molar-refractivity contribution in [2.75, 3.05) is 6.54 Å². The number of carbonyl (C=O) groups is 2. The summed E-state index contributed by atoms with van der Waals surface area (Å²) in [6.07, 6.45) is 3.05. The van der Waals surface area contributed by atoms with Gasteiger partial charge in [-0.3, -0.25) is 9.59 Å². The monoisotopic (exact) mass is 468 g/mol. The van der Waals surface area contributed by atoms with Crippen molar-refractivity contribution in [2.45, 2.75) is 38.4 Å². The molecule has 3 aromatic carbocycles. The van der Waals surface area contributed by atoms with E-state index in [1.807, 2.05) is 98.0 Å². The highest BCUT2D eigenvalue weighted by molar-refractivity contribution is 5.91. The lowest BCUT2D eigenvalue weighted by atomic mass is 10.0. The summed E-state index contributed by atoms with van der Waals surface area (Å²) >= 11 is 0. The molecule has 0 aliphatic heterocycles. The van der Waals surface area contributed by atoms with Crippen molar-refractivity contribution < 1.29 is 9.59 Å². The molecule has 1 unspecified atom stereocenters. The Bertz CT molecular complexity index is 1240. The van der Waals surface area contributed by atoms with Gasteiger partial charge in [-0.25, -0.2) is 0 Å². The third-order valence-corrected chi connectivity index (χ3v) is 6.14. The fourth-order valence-electron chi connectivity index (χ4n) is 4.08. The van der Waals surface area contributed by atoms with Crippen LogP contribution in [0.5, 0.6) is 0 Å². The van der Waals surface area contributed by atoms with E-state index in [4.69, 9.17) is 0 Å². The zero-order valence-corrected chi connectivity index (χ0v) is 20.0. The molecule has 0 aliphatic rings. The molecule has 1 heterocycles. The number of amides is 2. The Hall–Kier alpha value is -3.90.